The number of benzene rings is 1. The first-order valence-electron chi connectivity index (χ1n) is 12.4. The van der Waals surface area contributed by atoms with Crippen LogP contribution in [-0.2, 0) is 6.54 Å². The van der Waals surface area contributed by atoms with Gasteiger partial charge in [-0.1, -0.05) is 0 Å². The third-order valence-electron chi connectivity index (χ3n) is 6.78. The zero-order valence-electron chi connectivity index (χ0n) is 21.8. The maximum Gasteiger partial charge on any atom is 0.293 e. The number of aromatic nitrogens is 3. The minimum atomic E-state index is -0.0625. The minimum absolute atomic E-state index is 0.0625. The molecule has 194 valence electrons. The molecule has 10 heteroatoms. The van der Waals surface area contributed by atoms with Gasteiger partial charge in [-0.2, -0.15) is 0 Å². The Hall–Kier alpha value is -2.14. The molecule has 2 aliphatic rings. The second-order valence-electron chi connectivity index (χ2n) is 9.59. The van der Waals surface area contributed by atoms with Crippen molar-refractivity contribution >= 4 is 18.5 Å². The monoisotopic (exact) mass is 503 g/mol. The van der Waals surface area contributed by atoms with Gasteiger partial charge in [0.15, 0.2) is 0 Å². The first kappa shape index (κ1) is 27.4. The van der Waals surface area contributed by atoms with Gasteiger partial charge in [-0.05, 0) is 83.1 Å². The molecule has 0 aliphatic carbocycles. The molecule has 1 aromatic heterocycles. The number of hydrogen-bond donors (Lipinski definition) is 3. The van der Waals surface area contributed by atoms with Gasteiger partial charge in [0.05, 0.1) is 13.7 Å². The Labute approximate surface area is 215 Å². The highest BCUT2D eigenvalue weighted by atomic mass is 32.1. The van der Waals surface area contributed by atoms with E-state index >= 15 is 0 Å². The summed E-state index contributed by atoms with van der Waals surface area (Å²) in [7, 11) is 5.71. The fourth-order valence-corrected chi connectivity index (χ4v) is 4.69. The molecule has 2 fully saturated rings. The fraction of sp³-hybridized carbons (Fsp3) is 0.640. The van der Waals surface area contributed by atoms with Crippen LogP contribution >= 0.6 is 12.6 Å². The maximum atomic E-state index is 12.5. The summed E-state index contributed by atoms with van der Waals surface area (Å²) < 4.78 is 5.10. The number of methoxy groups -OCH3 is 1. The van der Waals surface area contributed by atoms with Crippen LogP contribution < -0.4 is 10.1 Å². The number of aromatic amines is 1. The molecule has 0 spiro atoms. The zero-order chi connectivity index (χ0) is 25.4. The Morgan fingerprint density at radius 1 is 1.14 bits per heavy atom. The molecule has 35 heavy (non-hydrogen) atoms. The molecule has 2 saturated heterocycles. The average Bonchev–Trinajstić information content (AvgIpc) is 3.33. The van der Waals surface area contributed by atoms with E-state index in [1.165, 1.54) is 32.5 Å². The molecule has 0 bridgehead atoms. The maximum absolute atomic E-state index is 12.5. The predicted molar refractivity (Wildman–Crippen MR) is 141 cm³/mol. The number of carbonyl (C=O) groups is 1. The van der Waals surface area contributed by atoms with Crippen molar-refractivity contribution in [3.63, 3.8) is 0 Å². The Bertz CT molecular complexity index is 928. The average molecular weight is 504 g/mol. The summed E-state index contributed by atoms with van der Waals surface area (Å²) in [6.45, 7) is 11.7. The molecular formula is C25H41N7O2S. The molecule has 1 amide bonds. The quantitative estimate of drug-likeness (QED) is 0.521. The number of thiol groups is 1. The minimum Gasteiger partial charge on any atom is -0.497 e. The molecule has 2 aliphatic heterocycles. The summed E-state index contributed by atoms with van der Waals surface area (Å²) in [5.74, 6) is 2.62. The summed E-state index contributed by atoms with van der Waals surface area (Å²) in [5.41, 5.74) is 2.32. The molecule has 0 saturated carbocycles. The molecule has 2 aromatic rings. The summed E-state index contributed by atoms with van der Waals surface area (Å²) in [6, 6.07) is 3.96. The van der Waals surface area contributed by atoms with Gasteiger partial charge in [0.1, 0.15) is 11.6 Å². The second-order valence-corrected chi connectivity index (χ2v) is 10.0. The van der Waals surface area contributed by atoms with Gasteiger partial charge in [-0.25, -0.2) is 4.98 Å². The first-order valence-corrected chi connectivity index (χ1v) is 12.9. The van der Waals surface area contributed by atoms with Crippen LogP contribution in [-0.4, -0.2) is 103 Å². The van der Waals surface area contributed by atoms with Crippen molar-refractivity contribution in [2.45, 2.75) is 38.1 Å². The number of amides is 1. The number of rotatable bonds is 6. The van der Waals surface area contributed by atoms with E-state index in [1.54, 1.807) is 7.11 Å². The van der Waals surface area contributed by atoms with Crippen molar-refractivity contribution in [2.75, 3.05) is 67.0 Å². The van der Waals surface area contributed by atoms with Gasteiger partial charge in [-0.3, -0.25) is 14.8 Å². The molecule has 2 N–H and O–H groups in total. The predicted octanol–water partition coefficient (Wildman–Crippen LogP) is 2.22. The van der Waals surface area contributed by atoms with Crippen LogP contribution in [0.5, 0.6) is 5.75 Å². The smallest absolute Gasteiger partial charge is 0.293 e. The number of nitrogens with one attached hydrogen (secondary N) is 2. The lowest BCUT2D eigenvalue weighted by molar-refractivity contribution is 0.0583. The van der Waals surface area contributed by atoms with Crippen LogP contribution in [0.2, 0.25) is 0 Å². The Morgan fingerprint density at radius 2 is 1.77 bits per heavy atom. The van der Waals surface area contributed by atoms with Gasteiger partial charge >= 0.3 is 0 Å². The van der Waals surface area contributed by atoms with Crippen molar-refractivity contribution in [3.05, 3.63) is 34.9 Å². The van der Waals surface area contributed by atoms with Crippen molar-refractivity contribution in [1.82, 2.24) is 35.2 Å². The molecule has 4 rings (SSSR count). The first-order chi connectivity index (χ1) is 16.8. The van der Waals surface area contributed by atoms with Crippen molar-refractivity contribution in [2.24, 2.45) is 5.92 Å². The van der Waals surface area contributed by atoms with Crippen LogP contribution in [0.15, 0.2) is 17.0 Å². The van der Waals surface area contributed by atoms with Gasteiger partial charge in [0, 0.05) is 37.6 Å². The molecule has 1 aromatic carbocycles. The number of carbonyl (C=O) groups excluding carboxylic acids is 1. The number of hydrogen-bond acceptors (Lipinski definition) is 8. The van der Waals surface area contributed by atoms with E-state index in [4.69, 9.17) is 4.74 Å². The van der Waals surface area contributed by atoms with Crippen molar-refractivity contribution in [1.29, 1.82) is 0 Å². The third-order valence-corrected chi connectivity index (χ3v) is 7.49. The number of likely N-dealkylation sites (tertiary alicyclic amines) is 1. The van der Waals surface area contributed by atoms with E-state index < -0.39 is 0 Å². The normalized spacial score (nSPS) is 17.7. The van der Waals surface area contributed by atoms with Crippen LogP contribution in [0.25, 0.3) is 0 Å². The van der Waals surface area contributed by atoms with Gasteiger partial charge in [0.25, 0.3) is 5.91 Å². The lowest BCUT2D eigenvalue weighted by atomic mass is 9.96. The molecule has 0 unspecified atom stereocenters. The highest BCUT2D eigenvalue weighted by Gasteiger charge is 2.27. The van der Waals surface area contributed by atoms with Gasteiger partial charge in [0.2, 0.25) is 5.82 Å². The number of piperazine rings is 1. The Kier molecular flexibility index (Phi) is 10.4. The van der Waals surface area contributed by atoms with E-state index in [2.05, 4.69) is 50.0 Å². The topological polar surface area (TPSA) is 89.6 Å². The largest absolute Gasteiger partial charge is 0.497 e. The van der Waals surface area contributed by atoms with Crippen molar-refractivity contribution < 1.29 is 9.53 Å². The lowest BCUT2D eigenvalue weighted by Gasteiger charge is -2.38. The number of nitrogens with zero attached hydrogens (tertiary/aromatic N) is 5. The third kappa shape index (κ3) is 7.93. The van der Waals surface area contributed by atoms with Crippen molar-refractivity contribution in [3.8, 4) is 5.75 Å². The number of H-pyrrole nitrogens is 1. The SMILES string of the molecule is CNCc1nc(C(=O)N2CCN(CC3CCN(C)CC3)CC2)n[nH]1.COc1cc(C)c(S)c(C)c1. The van der Waals surface area contributed by atoms with E-state index in [0.29, 0.717) is 12.4 Å². The Balaban J connectivity index is 0.000000261. The lowest BCUT2D eigenvalue weighted by Crippen LogP contribution is -2.50. The van der Waals surface area contributed by atoms with E-state index in [1.807, 2.05) is 37.9 Å². The summed E-state index contributed by atoms with van der Waals surface area (Å²) >= 11 is 4.34. The number of piperidine rings is 1. The van der Waals surface area contributed by atoms with Crippen LogP contribution in [0.3, 0.4) is 0 Å². The molecule has 0 radical (unpaired) electrons. The van der Waals surface area contributed by atoms with Gasteiger partial charge in [-0.15, -0.1) is 17.7 Å². The second kappa shape index (κ2) is 13.2. The van der Waals surface area contributed by atoms with E-state index in [0.717, 1.165) is 53.9 Å². The molecular weight excluding hydrogens is 462 g/mol. The number of ether oxygens (including phenoxy) is 1. The Morgan fingerprint density at radius 3 is 2.34 bits per heavy atom. The molecule has 0 atom stereocenters. The highest BCUT2D eigenvalue weighted by molar-refractivity contribution is 7.80. The standard InChI is InChI=1S/C16H29N7O.C9H12OS/c1-17-11-14-18-15(20-19-14)16(24)23-9-7-22(8-10-23)12-13-3-5-21(2)6-4-13;1-6-4-8(10-3)5-7(2)9(6)11/h13,17H,3-12H2,1-2H3,(H,18,19,20);4-5,11H,1-3H3. The molecule has 9 nitrogen and oxygen atoms in total. The van der Waals surface area contributed by atoms with Gasteiger partial charge < -0.3 is 19.9 Å². The molecule has 3 heterocycles. The fourth-order valence-electron chi connectivity index (χ4n) is 4.56. The number of aryl methyl sites for hydroxylation is 2. The van der Waals surface area contributed by atoms with Crippen LogP contribution in [0.1, 0.15) is 40.4 Å². The van der Waals surface area contributed by atoms with Crippen LogP contribution in [0.4, 0.5) is 0 Å². The summed E-state index contributed by atoms with van der Waals surface area (Å²) in [6.07, 6.45) is 2.59. The summed E-state index contributed by atoms with van der Waals surface area (Å²) in [4.78, 5) is 24.6. The highest BCUT2D eigenvalue weighted by Crippen LogP contribution is 2.24. The van der Waals surface area contributed by atoms with E-state index in [-0.39, 0.29) is 11.7 Å². The van der Waals surface area contributed by atoms with E-state index in [9.17, 15) is 4.79 Å². The van der Waals surface area contributed by atoms with Crippen LogP contribution in [0, 0.1) is 19.8 Å². The summed E-state index contributed by atoms with van der Waals surface area (Å²) in [5, 5.41) is 9.85. The zero-order valence-corrected chi connectivity index (χ0v) is 22.7.